The van der Waals surface area contributed by atoms with Gasteiger partial charge in [-0.2, -0.15) is 0 Å². The molecular weight excluding hydrogens is 493 g/mol. The first-order valence-electron chi connectivity index (χ1n) is 9.81. The van der Waals surface area contributed by atoms with Crippen LogP contribution >= 0.6 is 24.0 Å². The van der Waals surface area contributed by atoms with Gasteiger partial charge in [0.15, 0.2) is 17.5 Å². The molecule has 0 aliphatic rings. The Balaban J connectivity index is 0.00000450. The van der Waals surface area contributed by atoms with E-state index in [-0.39, 0.29) is 24.0 Å². The lowest BCUT2D eigenvalue weighted by atomic mass is 10.00. The number of nitrogens with zero attached hydrogens (tertiary/aromatic N) is 1. The number of aryl methyl sites for hydroxylation is 3. The first-order valence-corrected chi connectivity index (χ1v) is 9.81. The second-order valence-electron chi connectivity index (χ2n) is 6.96. The van der Waals surface area contributed by atoms with Crippen LogP contribution in [0.3, 0.4) is 0 Å². The van der Waals surface area contributed by atoms with E-state index in [4.69, 9.17) is 19.2 Å². The molecule has 0 unspecified atom stereocenters. The number of hydrogen-bond donors (Lipinski definition) is 2. The van der Waals surface area contributed by atoms with Crippen LogP contribution in [0.2, 0.25) is 0 Å². The standard InChI is InChI=1S/C23H33N3O3.HI/c1-8-24-23(26-14-19-16(3)9-15(2)10-17(19)4)25-13-18-11-20(27-5)22(29-7)21(12-18)28-6;/h9-12H,8,13-14H2,1-7H3,(H2,24,25,26);1H. The lowest BCUT2D eigenvalue weighted by molar-refractivity contribution is 0.324. The third-order valence-electron chi connectivity index (χ3n) is 4.76. The maximum Gasteiger partial charge on any atom is 0.203 e. The lowest BCUT2D eigenvalue weighted by Gasteiger charge is -2.16. The predicted octanol–water partition coefficient (Wildman–Crippen LogP) is 4.51. The predicted molar refractivity (Wildman–Crippen MR) is 134 cm³/mol. The van der Waals surface area contributed by atoms with E-state index in [9.17, 15) is 0 Å². The Kier molecular flexibility index (Phi) is 10.8. The number of methoxy groups -OCH3 is 3. The fraction of sp³-hybridized carbons (Fsp3) is 0.435. The number of guanidine groups is 1. The zero-order chi connectivity index (χ0) is 21.4. The fourth-order valence-electron chi connectivity index (χ4n) is 3.40. The van der Waals surface area contributed by atoms with E-state index < -0.39 is 0 Å². The Bertz CT molecular complexity index is 821. The van der Waals surface area contributed by atoms with Gasteiger partial charge in [0.1, 0.15) is 0 Å². The van der Waals surface area contributed by atoms with Crippen molar-refractivity contribution in [2.75, 3.05) is 27.9 Å². The summed E-state index contributed by atoms with van der Waals surface area (Å²) in [7, 11) is 4.82. The van der Waals surface area contributed by atoms with E-state index in [0.29, 0.717) is 23.8 Å². The van der Waals surface area contributed by atoms with E-state index in [2.05, 4.69) is 50.5 Å². The minimum absolute atomic E-state index is 0. The molecule has 2 aromatic rings. The van der Waals surface area contributed by atoms with Gasteiger partial charge < -0.3 is 24.8 Å². The summed E-state index contributed by atoms with van der Waals surface area (Å²) in [4.78, 5) is 4.72. The van der Waals surface area contributed by atoms with Crippen molar-refractivity contribution in [3.05, 3.63) is 52.1 Å². The second-order valence-corrected chi connectivity index (χ2v) is 6.96. The van der Waals surface area contributed by atoms with Gasteiger partial charge in [0.25, 0.3) is 0 Å². The largest absolute Gasteiger partial charge is 0.493 e. The summed E-state index contributed by atoms with van der Waals surface area (Å²) in [6.45, 7) is 10.5. The second kappa shape index (κ2) is 12.5. The first kappa shape index (κ1) is 25.9. The quantitative estimate of drug-likeness (QED) is 0.301. The average Bonchev–Trinajstić information content (AvgIpc) is 2.70. The summed E-state index contributed by atoms with van der Waals surface area (Å²) < 4.78 is 16.2. The van der Waals surface area contributed by atoms with Gasteiger partial charge in [0.05, 0.1) is 27.9 Å². The zero-order valence-electron chi connectivity index (χ0n) is 19.0. The molecule has 0 aromatic heterocycles. The van der Waals surface area contributed by atoms with Crippen LogP contribution in [0.15, 0.2) is 29.3 Å². The van der Waals surface area contributed by atoms with Crippen molar-refractivity contribution in [3.63, 3.8) is 0 Å². The third kappa shape index (κ3) is 6.68. The van der Waals surface area contributed by atoms with Gasteiger partial charge in [-0.05, 0) is 62.1 Å². The van der Waals surface area contributed by atoms with Gasteiger partial charge in [-0.25, -0.2) is 4.99 Å². The number of benzene rings is 2. The van der Waals surface area contributed by atoms with Crippen LogP contribution in [-0.4, -0.2) is 33.8 Å². The Labute approximate surface area is 197 Å². The van der Waals surface area contributed by atoms with Crippen molar-refractivity contribution in [2.45, 2.75) is 40.8 Å². The lowest BCUT2D eigenvalue weighted by Crippen LogP contribution is -2.37. The van der Waals surface area contributed by atoms with Gasteiger partial charge >= 0.3 is 0 Å². The van der Waals surface area contributed by atoms with Crippen molar-refractivity contribution in [1.29, 1.82) is 0 Å². The molecule has 0 saturated heterocycles. The molecule has 0 fully saturated rings. The summed E-state index contributed by atoms with van der Waals surface area (Å²) >= 11 is 0. The molecule has 0 bridgehead atoms. The molecule has 0 atom stereocenters. The van der Waals surface area contributed by atoms with Crippen LogP contribution in [0.5, 0.6) is 17.2 Å². The summed E-state index contributed by atoms with van der Waals surface area (Å²) in [6.07, 6.45) is 0. The summed E-state index contributed by atoms with van der Waals surface area (Å²) in [5, 5.41) is 6.74. The molecule has 2 N–H and O–H groups in total. The number of ether oxygens (including phenoxy) is 3. The Morgan fingerprint density at radius 3 is 1.90 bits per heavy atom. The summed E-state index contributed by atoms with van der Waals surface area (Å²) in [5.74, 6) is 2.60. The molecule has 0 saturated carbocycles. The summed E-state index contributed by atoms with van der Waals surface area (Å²) in [6, 6.07) is 8.26. The fourth-order valence-corrected chi connectivity index (χ4v) is 3.40. The average molecular weight is 527 g/mol. The summed E-state index contributed by atoms with van der Waals surface area (Å²) in [5.41, 5.74) is 6.13. The normalized spacial score (nSPS) is 10.8. The smallest absolute Gasteiger partial charge is 0.203 e. The molecular formula is C23H34IN3O3. The number of rotatable bonds is 8. The maximum absolute atomic E-state index is 5.43. The first-order chi connectivity index (χ1) is 13.9. The highest BCUT2D eigenvalue weighted by atomic mass is 127. The molecule has 2 aromatic carbocycles. The van der Waals surface area contributed by atoms with Crippen LogP contribution < -0.4 is 24.8 Å². The van der Waals surface area contributed by atoms with Gasteiger partial charge in [0, 0.05) is 13.1 Å². The zero-order valence-corrected chi connectivity index (χ0v) is 21.3. The SMILES string of the molecule is CCNC(=NCc1cc(OC)c(OC)c(OC)c1)NCc1c(C)cc(C)cc1C.I. The molecule has 0 amide bonds. The van der Waals surface area contributed by atoms with Gasteiger partial charge in [-0.3, -0.25) is 0 Å². The van der Waals surface area contributed by atoms with Crippen molar-refractivity contribution in [3.8, 4) is 17.2 Å². The van der Waals surface area contributed by atoms with Crippen molar-refractivity contribution in [2.24, 2.45) is 4.99 Å². The molecule has 30 heavy (non-hydrogen) atoms. The van der Waals surface area contributed by atoms with E-state index in [1.54, 1.807) is 21.3 Å². The van der Waals surface area contributed by atoms with Crippen LogP contribution in [-0.2, 0) is 13.1 Å². The minimum Gasteiger partial charge on any atom is -0.493 e. The highest BCUT2D eigenvalue weighted by Gasteiger charge is 2.13. The van der Waals surface area contributed by atoms with Gasteiger partial charge in [-0.15, -0.1) is 24.0 Å². The van der Waals surface area contributed by atoms with E-state index in [1.807, 2.05) is 12.1 Å². The minimum atomic E-state index is 0. The van der Waals surface area contributed by atoms with Crippen LogP contribution in [0.25, 0.3) is 0 Å². The molecule has 7 heteroatoms. The molecule has 0 radical (unpaired) electrons. The van der Waals surface area contributed by atoms with Crippen molar-refractivity contribution < 1.29 is 14.2 Å². The monoisotopic (exact) mass is 527 g/mol. The third-order valence-corrected chi connectivity index (χ3v) is 4.76. The molecule has 0 aliphatic heterocycles. The number of halogens is 1. The molecule has 6 nitrogen and oxygen atoms in total. The van der Waals surface area contributed by atoms with Gasteiger partial charge in [-0.1, -0.05) is 17.7 Å². The molecule has 0 aliphatic carbocycles. The Hall–Kier alpha value is -2.16. The number of hydrogen-bond acceptors (Lipinski definition) is 4. The van der Waals surface area contributed by atoms with Crippen LogP contribution in [0.4, 0.5) is 0 Å². The highest BCUT2D eigenvalue weighted by molar-refractivity contribution is 14.0. The molecule has 166 valence electrons. The van der Waals surface area contributed by atoms with Crippen molar-refractivity contribution >= 4 is 29.9 Å². The molecule has 0 heterocycles. The van der Waals surface area contributed by atoms with E-state index >= 15 is 0 Å². The number of aliphatic imine (C=N–C) groups is 1. The van der Waals surface area contributed by atoms with Crippen LogP contribution in [0, 0.1) is 20.8 Å². The maximum atomic E-state index is 5.43. The van der Waals surface area contributed by atoms with E-state index in [0.717, 1.165) is 24.6 Å². The Morgan fingerprint density at radius 2 is 1.43 bits per heavy atom. The van der Waals surface area contributed by atoms with Crippen LogP contribution in [0.1, 0.15) is 34.7 Å². The number of nitrogens with one attached hydrogen (secondary N) is 2. The van der Waals surface area contributed by atoms with Crippen molar-refractivity contribution in [1.82, 2.24) is 10.6 Å². The topological polar surface area (TPSA) is 64.1 Å². The molecule has 0 spiro atoms. The van der Waals surface area contributed by atoms with E-state index in [1.165, 1.54) is 22.3 Å². The van der Waals surface area contributed by atoms with Gasteiger partial charge in [0.2, 0.25) is 5.75 Å². The molecule has 2 rings (SSSR count). The highest BCUT2D eigenvalue weighted by Crippen LogP contribution is 2.38. The Morgan fingerprint density at radius 1 is 0.867 bits per heavy atom.